The molecule has 0 aromatic rings. The van der Waals surface area contributed by atoms with Gasteiger partial charge in [-0.15, -0.1) is 0 Å². The molecule has 0 aliphatic carbocycles. The molecule has 76 valence electrons. The van der Waals surface area contributed by atoms with Gasteiger partial charge in [0.05, 0.1) is 6.61 Å². The van der Waals surface area contributed by atoms with Gasteiger partial charge in [-0.2, -0.15) is 0 Å². The Labute approximate surface area is 82.2 Å². The number of aliphatic hydroxyl groups excluding tert-OH is 1. The molecule has 1 heteroatoms. The lowest BCUT2D eigenvalue weighted by Gasteiger charge is -1.93. The molecule has 0 spiro atoms. The summed E-state index contributed by atoms with van der Waals surface area (Å²) in [6.07, 6.45) is 15.7. The Kier molecular flexibility index (Phi) is 10.9. The fourth-order valence-electron chi connectivity index (χ4n) is 1.15. The Hall–Kier alpha value is -0.560. The third-order valence-electron chi connectivity index (χ3n) is 1.94. The van der Waals surface area contributed by atoms with Gasteiger partial charge >= 0.3 is 0 Å². The maximum Gasteiger partial charge on any atom is 0.0612 e. The SMILES string of the molecule is CCCCCC/C=C\C/C=C/CO. The molecule has 1 N–H and O–H groups in total. The number of aliphatic hydroxyl groups is 1. The van der Waals surface area contributed by atoms with Crippen LogP contribution in [0.3, 0.4) is 0 Å². The van der Waals surface area contributed by atoms with Crippen molar-refractivity contribution in [2.24, 2.45) is 0 Å². The van der Waals surface area contributed by atoms with Gasteiger partial charge in [-0.05, 0) is 19.3 Å². The van der Waals surface area contributed by atoms with Crippen LogP contribution in [0.25, 0.3) is 0 Å². The standard InChI is InChI=1S/C12H22O/c1-2-3-4-5-6-7-8-9-10-11-12-13/h7-8,10-11,13H,2-6,9,12H2,1H3/b8-7-,11-10+. The lowest BCUT2D eigenvalue weighted by molar-refractivity contribution is 0.342. The van der Waals surface area contributed by atoms with E-state index in [2.05, 4.69) is 19.1 Å². The van der Waals surface area contributed by atoms with E-state index in [1.807, 2.05) is 6.08 Å². The van der Waals surface area contributed by atoms with E-state index in [0.717, 1.165) is 6.42 Å². The number of unbranched alkanes of at least 4 members (excludes halogenated alkanes) is 4. The summed E-state index contributed by atoms with van der Waals surface area (Å²) in [5, 5.41) is 8.46. The predicted molar refractivity (Wildman–Crippen MR) is 58.7 cm³/mol. The summed E-state index contributed by atoms with van der Waals surface area (Å²) in [6, 6.07) is 0. The third kappa shape index (κ3) is 11.4. The normalized spacial score (nSPS) is 11.8. The topological polar surface area (TPSA) is 20.2 Å². The van der Waals surface area contributed by atoms with Crippen molar-refractivity contribution in [1.82, 2.24) is 0 Å². The highest BCUT2D eigenvalue weighted by Gasteiger charge is 1.83. The highest BCUT2D eigenvalue weighted by molar-refractivity contribution is 4.92. The second kappa shape index (κ2) is 11.4. The van der Waals surface area contributed by atoms with Gasteiger partial charge in [0.25, 0.3) is 0 Å². The highest BCUT2D eigenvalue weighted by atomic mass is 16.2. The fourth-order valence-corrected chi connectivity index (χ4v) is 1.15. The summed E-state index contributed by atoms with van der Waals surface area (Å²) in [5.41, 5.74) is 0. The predicted octanol–water partition coefficient (Wildman–Crippen LogP) is 3.45. The molecule has 0 fully saturated rings. The van der Waals surface area contributed by atoms with Crippen molar-refractivity contribution in [3.05, 3.63) is 24.3 Å². The van der Waals surface area contributed by atoms with Crippen LogP contribution < -0.4 is 0 Å². The van der Waals surface area contributed by atoms with E-state index in [1.54, 1.807) is 6.08 Å². The molecule has 0 aliphatic heterocycles. The molecular formula is C12H22O. The zero-order valence-electron chi connectivity index (χ0n) is 8.71. The molecule has 0 saturated carbocycles. The van der Waals surface area contributed by atoms with E-state index in [1.165, 1.54) is 32.1 Å². The molecule has 1 nitrogen and oxygen atoms in total. The van der Waals surface area contributed by atoms with Crippen LogP contribution in [0.5, 0.6) is 0 Å². The van der Waals surface area contributed by atoms with Crippen LogP contribution >= 0.6 is 0 Å². The number of hydrogen-bond donors (Lipinski definition) is 1. The molecule has 0 rings (SSSR count). The number of allylic oxidation sites excluding steroid dienone is 3. The molecule has 13 heavy (non-hydrogen) atoms. The zero-order chi connectivity index (χ0) is 9.78. The molecule has 0 aromatic heterocycles. The van der Waals surface area contributed by atoms with Crippen LogP contribution in [-0.2, 0) is 0 Å². The molecular weight excluding hydrogens is 160 g/mol. The van der Waals surface area contributed by atoms with Gasteiger partial charge in [0.15, 0.2) is 0 Å². The zero-order valence-corrected chi connectivity index (χ0v) is 8.71. The molecule has 0 amide bonds. The second-order valence-electron chi connectivity index (χ2n) is 3.21. The summed E-state index contributed by atoms with van der Waals surface area (Å²) in [6.45, 7) is 2.39. The quantitative estimate of drug-likeness (QED) is 0.450. The lowest BCUT2D eigenvalue weighted by atomic mass is 10.1. The smallest absolute Gasteiger partial charge is 0.0612 e. The summed E-state index contributed by atoms with van der Waals surface area (Å²) in [5.74, 6) is 0. The lowest BCUT2D eigenvalue weighted by Crippen LogP contribution is -1.73. The number of rotatable bonds is 8. The average molecular weight is 182 g/mol. The molecule has 0 saturated heterocycles. The van der Waals surface area contributed by atoms with Crippen LogP contribution in [0.15, 0.2) is 24.3 Å². The van der Waals surface area contributed by atoms with Crippen molar-refractivity contribution < 1.29 is 5.11 Å². The van der Waals surface area contributed by atoms with Gasteiger partial charge in [-0.3, -0.25) is 0 Å². The average Bonchev–Trinajstić information content (AvgIpc) is 2.16. The van der Waals surface area contributed by atoms with Gasteiger partial charge in [0.2, 0.25) is 0 Å². The summed E-state index contributed by atoms with van der Waals surface area (Å²) < 4.78 is 0. The van der Waals surface area contributed by atoms with Gasteiger partial charge in [0.1, 0.15) is 0 Å². The maximum atomic E-state index is 8.46. The minimum atomic E-state index is 0.157. The highest BCUT2D eigenvalue weighted by Crippen LogP contribution is 2.03. The number of hydrogen-bond acceptors (Lipinski definition) is 1. The Morgan fingerprint density at radius 3 is 2.38 bits per heavy atom. The first-order valence-electron chi connectivity index (χ1n) is 5.32. The van der Waals surface area contributed by atoms with Crippen LogP contribution in [0.2, 0.25) is 0 Å². The fraction of sp³-hybridized carbons (Fsp3) is 0.667. The van der Waals surface area contributed by atoms with Gasteiger partial charge in [-0.25, -0.2) is 0 Å². The Morgan fingerprint density at radius 1 is 0.923 bits per heavy atom. The molecule has 0 bridgehead atoms. The van der Waals surface area contributed by atoms with Crippen molar-refractivity contribution in [2.45, 2.75) is 45.4 Å². The molecule has 0 heterocycles. The van der Waals surface area contributed by atoms with Crippen LogP contribution in [-0.4, -0.2) is 11.7 Å². The first-order valence-corrected chi connectivity index (χ1v) is 5.32. The Balaban J connectivity index is 3.08. The van der Waals surface area contributed by atoms with Crippen molar-refractivity contribution >= 4 is 0 Å². The van der Waals surface area contributed by atoms with Gasteiger partial charge in [0, 0.05) is 0 Å². The Morgan fingerprint density at radius 2 is 1.69 bits per heavy atom. The van der Waals surface area contributed by atoms with Crippen LogP contribution in [0, 0.1) is 0 Å². The summed E-state index contributed by atoms with van der Waals surface area (Å²) >= 11 is 0. The van der Waals surface area contributed by atoms with Crippen LogP contribution in [0.4, 0.5) is 0 Å². The second-order valence-corrected chi connectivity index (χ2v) is 3.21. The Bertz CT molecular complexity index is 136. The molecule has 0 aliphatic rings. The van der Waals surface area contributed by atoms with Gasteiger partial charge in [-0.1, -0.05) is 50.5 Å². The summed E-state index contributed by atoms with van der Waals surface area (Å²) in [7, 11) is 0. The monoisotopic (exact) mass is 182 g/mol. The van der Waals surface area contributed by atoms with Crippen molar-refractivity contribution in [3.8, 4) is 0 Å². The van der Waals surface area contributed by atoms with E-state index in [0.29, 0.717) is 0 Å². The van der Waals surface area contributed by atoms with E-state index in [4.69, 9.17) is 5.11 Å². The van der Waals surface area contributed by atoms with Crippen molar-refractivity contribution in [1.29, 1.82) is 0 Å². The van der Waals surface area contributed by atoms with Crippen molar-refractivity contribution in [3.63, 3.8) is 0 Å². The minimum Gasteiger partial charge on any atom is -0.392 e. The molecule has 0 aromatic carbocycles. The van der Waals surface area contributed by atoms with Crippen LogP contribution in [0.1, 0.15) is 45.4 Å². The molecule has 0 unspecified atom stereocenters. The summed E-state index contributed by atoms with van der Waals surface area (Å²) in [4.78, 5) is 0. The van der Waals surface area contributed by atoms with E-state index >= 15 is 0 Å². The van der Waals surface area contributed by atoms with E-state index in [-0.39, 0.29) is 6.61 Å². The largest absolute Gasteiger partial charge is 0.392 e. The molecule has 0 atom stereocenters. The molecule has 0 radical (unpaired) electrons. The first-order chi connectivity index (χ1) is 6.41. The minimum absolute atomic E-state index is 0.157. The maximum absolute atomic E-state index is 8.46. The van der Waals surface area contributed by atoms with E-state index < -0.39 is 0 Å². The first kappa shape index (κ1) is 12.4. The van der Waals surface area contributed by atoms with Crippen molar-refractivity contribution in [2.75, 3.05) is 6.61 Å². The third-order valence-corrected chi connectivity index (χ3v) is 1.94. The van der Waals surface area contributed by atoms with Gasteiger partial charge < -0.3 is 5.11 Å². The van der Waals surface area contributed by atoms with E-state index in [9.17, 15) is 0 Å².